The molecule has 2 aliphatic rings. The average Bonchev–Trinajstić information content (AvgIpc) is 3.73. The largest absolute Gasteiger partial charge is 2.00 e. The van der Waals surface area contributed by atoms with E-state index in [0.29, 0.717) is 45.9 Å². The van der Waals surface area contributed by atoms with E-state index in [9.17, 15) is 0 Å². The molecule has 2 aliphatic heterocycles. The van der Waals surface area contributed by atoms with Crippen LogP contribution in [0.25, 0.3) is 89.7 Å². The number of fused-ring (bicyclic) bond motifs is 20. The topological polar surface area (TPSA) is 109 Å². The molecule has 8 bridgehead atoms. The molecule has 0 radical (unpaired) electrons. The second-order valence-corrected chi connectivity index (χ2v) is 9.79. The Hall–Kier alpha value is -5.59. The van der Waals surface area contributed by atoms with E-state index in [1.165, 1.54) is 0 Å². The Morgan fingerprint density at radius 3 is 0.829 bits per heavy atom. The third kappa shape index (κ3) is 3.45. The van der Waals surface area contributed by atoms with E-state index in [-0.39, 0.29) is 10.1 Å². The van der Waals surface area contributed by atoms with E-state index >= 15 is 0 Å². The minimum absolute atomic E-state index is 0. The zero-order chi connectivity index (χ0) is 26.2. The molecule has 7 aromatic rings. The van der Waals surface area contributed by atoms with Crippen LogP contribution in [0.15, 0.2) is 97.1 Å². The number of H-pyrrole nitrogens is 2. The minimum atomic E-state index is 0. The molecule has 41 heavy (non-hydrogen) atoms. The molecular weight excluding hydrogens is 505 g/mol. The first-order chi connectivity index (χ1) is 19.8. The first kappa shape index (κ1) is 23.3. The van der Waals surface area contributed by atoms with Gasteiger partial charge in [0.1, 0.15) is 22.6 Å². The minimum Gasteiger partial charge on any atom is -0.324 e. The fraction of sp³-hybridized carbons (Fsp3) is 0. The summed E-state index contributed by atoms with van der Waals surface area (Å²) >= 11 is 0. The summed E-state index contributed by atoms with van der Waals surface area (Å²) in [5, 5.41) is 3.82. The molecule has 9 heteroatoms. The molecule has 186 valence electrons. The van der Waals surface area contributed by atoms with Crippen LogP contribution in [0.3, 0.4) is 0 Å². The third-order valence-corrected chi connectivity index (χ3v) is 7.46. The van der Waals surface area contributed by atoms with Crippen LogP contribution in [0.2, 0.25) is 0 Å². The molecule has 0 unspecified atom stereocenters. The summed E-state index contributed by atoms with van der Waals surface area (Å²) in [6, 6.07) is 32.2. The van der Waals surface area contributed by atoms with Crippen molar-refractivity contribution < 1.29 is 0 Å². The van der Waals surface area contributed by atoms with Gasteiger partial charge < -0.3 is 9.97 Å². The van der Waals surface area contributed by atoms with Gasteiger partial charge in [0, 0.05) is 43.8 Å². The van der Waals surface area contributed by atoms with E-state index in [2.05, 4.69) is 9.97 Å². The summed E-state index contributed by atoms with van der Waals surface area (Å²) in [4.78, 5) is 36.8. The van der Waals surface area contributed by atoms with Crippen LogP contribution in [-0.2, 0) is 0 Å². The predicted octanol–water partition coefficient (Wildman–Crippen LogP) is 6.49. The maximum atomic E-state index is 5.02. The summed E-state index contributed by atoms with van der Waals surface area (Å²) < 4.78 is 0. The van der Waals surface area contributed by atoms with E-state index in [1.54, 1.807) is 0 Å². The van der Waals surface area contributed by atoms with Crippen molar-refractivity contribution >= 4 is 54.3 Å². The molecule has 4 aromatic carbocycles. The van der Waals surface area contributed by atoms with Gasteiger partial charge in [0.2, 0.25) is 0 Å². The maximum Gasteiger partial charge on any atom is 2.00 e. The van der Waals surface area contributed by atoms with Crippen LogP contribution in [0.4, 0.5) is 0 Å². The molecule has 9 rings (SSSR count). The Balaban J connectivity index is 0.00000256. The molecule has 0 spiro atoms. The van der Waals surface area contributed by atoms with Gasteiger partial charge >= 0.3 is 10.1 Å². The van der Waals surface area contributed by atoms with Gasteiger partial charge in [-0.1, -0.05) is 97.1 Å². The summed E-state index contributed by atoms with van der Waals surface area (Å²) in [6.07, 6.45) is 0. The predicted molar refractivity (Wildman–Crippen MR) is 162 cm³/mol. The van der Waals surface area contributed by atoms with Crippen LogP contribution < -0.4 is 0 Å². The smallest absolute Gasteiger partial charge is 0.324 e. The molecular formula is C32H18BeN8+2. The molecule has 5 heterocycles. The Bertz CT molecular complexity index is 2030. The number of hydrogen-bond acceptors (Lipinski definition) is 6. The molecule has 8 nitrogen and oxygen atoms in total. The molecule has 0 aliphatic carbocycles. The summed E-state index contributed by atoms with van der Waals surface area (Å²) in [6.45, 7) is 0. The van der Waals surface area contributed by atoms with Crippen LogP contribution in [0, 0.1) is 0 Å². The molecule has 3 aromatic heterocycles. The number of benzene rings is 4. The first-order valence-corrected chi connectivity index (χ1v) is 13.0. The molecule has 0 saturated carbocycles. The SMILES string of the molecule is [Be+2].c1ccc2c(c1)-c1nc-2nc2[nH]c(nc3nc(nc4[nH]c(n1)c1ccccc41)-c1ccccc1-3)c1ccccc21. The van der Waals surface area contributed by atoms with Gasteiger partial charge in [0.15, 0.2) is 23.3 Å². The van der Waals surface area contributed by atoms with Crippen LogP contribution >= 0.6 is 0 Å². The maximum absolute atomic E-state index is 5.02. The van der Waals surface area contributed by atoms with Gasteiger partial charge in [-0.2, -0.15) is 0 Å². The van der Waals surface area contributed by atoms with E-state index in [0.717, 1.165) is 43.8 Å². The second-order valence-electron chi connectivity index (χ2n) is 9.79. The summed E-state index contributed by atoms with van der Waals surface area (Å²) in [7, 11) is 0. The number of rotatable bonds is 0. The van der Waals surface area contributed by atoms with Crippen molar-refractivity contribution in [1.29, 1.82) is 0 Å². The zero-order valence-corrected chi connectivity index (χ0v) is 21.6. The summed E-state index contributed by atoms with van der Waals surface area (Å²) in [5.74, 6) is 2.39. The van der Waals surface area contributed by atoms with Gasteiger partial charge in [-0.3, -0.25) is 0 Å². The molecule has 0 saturated heterocycles. The van der Waals surface area contributed by atoms with Crippen LogP contribution in [-0.4, -0.2) is 50.0 Å². The Labute approximate surface area is 236 Å². The number of nitrogens with zero attached hydrogens (tertiary/aromatic N) is 6. The van der Waals surface area contributed by atoms with Crippen molar-refractivity contribution in [2.45, 2.75) is 0 Å². The Morgan fingerprint density at radius 2 is 0.561 bits per heavy atom. The standard InChI is InChI=1S/C32H18N8.Be/c1-2-10-18-17(9-1)25-33-26(18)38-28-21-13-5-6-14-22(21)30(35-28)40-32-24-16-8-7-15-23(24)31(36-32)39-29-20-12-4-3-11-19(20)27(34-29)37-25;/h1-16H,(H2,33,34,35,36,37,38,39,40);/q;+2. The van der Waals surface area contributed by atoms with Crippen molar-refractivity contribution in [2.24, 2.45) is 0 Å². The fourth-order valence-corrected chi connectivity index (χ4v) is 5.59. The summed E-state index contributed by atoms with van der Waals surface area (Å²) in [5.41, 5.74) is 6.45. The Morgan fingerprint density at radius 1 is 0.317 bits per heavy atom. The number of hydrogen-bond donors (Lipinski definition) is 2. The van der Waals surface area contributed by atoms with Crippen molar-refractivity contribution in [3.05, 3.63) is 97.1 Å². The average molecular weight is 524 g/mol. The van der Waals surface area contributed by atoms with Crippen LogP contribution in [0.5, 0.6) is 0 Å². The van der Waals surface area contributed by atoms with Crippen LogP contribution in [0.1, 0.15) is 0 Å². The fourth-order valence-electron chi connectivity index (χ4n) is 5.59. The van der Waals surface area contributed by atoms with Crippen molar-refractivity contribution in [3.8, 4) is 45.6 Å². The van der Waals surface area contributed by atoms with Gasteiger partial charge in [-0.15, -0.1) is 0 Å². The van der Waals surface area contributed by atoms with Gasteiger partial charge in [-0.05, 0) is 0 Å². The van der Waals surface area contributed by atoms with Crippen molar-refractivity contribution in [3.63, 3.8) is 0 Å². The quantitative estimate of drug-likeness (QED) is 0.220. The zero-order valence-electron chi connectivity index (χ0n) is 21.6. The third-order valence-electron chi connectivity index (χ3n) is 7.46. The Kier molecular flexibility index (Phi) is 4.95. The van der Waals surface area contributed by atoms with Gasteiger partial charge in [0.25, 0.3) is 0 Å². The second kappa shape index (κ2) is 8.71. The first-order valence-electron chi connectivity index (χ1n) is 13.0. The number of aromatic amines is 2. The molecule has 2 N–H and O–H groups in total. The van der Waals surface area contributed by atoms with E-state index in [1.807, 2.05) is 97.1 Å². The molecule has 0 atom stereocenters. The molecule has 0 fully saturated rings. The van der Waals surface area contributed by atoms with E-state index < -0.39 is 0 Å². The number of nitrogens with one attached hydrogen (secondary N) is 2. The van der Waals surface area contributed by atoms with Gasteiger partial charge in [-0.25, -0.2) is 29.9 Å². The molecule has 0 amide bonds. The normalized spacial score (nSPS) is 11.7. The monoisotopic (exact) mass is 523 g/mol. The van der Waals surface area contributed by atoms with Crippen molar-refractivity contribution in [2.75, 3.05) is 0 Å². The number of aromatic nitrogens is 8. The van der Waals surface area contributed by atoms with Crippen molar-refractivity contribution in [1.82, 2.24) is 39.9 Å². The van der Waals surface area contributed by atoms with E-state index in [4.69, 9.17) is 29.9 Å². The van der Waals surface area contributed by atoms with Gasteiger partial charge in [0.05, 0.1) is 0 Å².